The minimum absolute atomic E-state index is 0.145. The molecule has 0 aromatic carbocycles. The summed E-state index contributed by atoms with van der Waals surface area (Å²) in [5.41, 5.74) is 0. The van der Waals surface area contributed by atoms with E-state index in [1.54, 1.807) is 0 Å². The van der Waals surface area contributed by atoms with E-state index in [4.69, 9.17) is 15.7 Å². The average molecular weight is 133 g/mol. The first-order chi connectivity index (χ1) is 5.00. The Morgan fingerprint density at radius 3 is 3.25 bits per heavy atom. The van der Waals surface area contributed by atoms with Crippen LogP contribution in [0.4, 0.5) is 0 Å². The molecule has 0 unspecified atom stereocenters. The highest BCUT2D eigenvalue weighted by atomic mass is 35.5. The van der Waals surface area contributed by atoms with Gasteiger partial charge in [0.1, 0.15) is 11.0 Å². The quantitative estimate of drug-likeness (QED) is 0.394. The molecule has 0 aliphatic carbocycles. The van der Waals surface area contributed by atoms with Crippen LogP contribution in [0, 0.1) is 6.85 Å². The Bertz CT molecular complexity index is 260. The maximum absolute atomic E-state index is 6.92. The van der Waals surface area contributed by atoms with Crippen molar-refractivity contribution in [2.24, 2.45) is 0 Å². The van der Waals surface area contributed by atoms with Crippen molar-refractivity contribution in [3.8, 4) is 0 Å². The monoisotopic (exact) mass is 132 g/mol. The first-order valence-corrected chi connectivity index (χ1v) is 2.37. The Balaban J connectivity index is 3.06. The summed E-state index contributed by atoms with van der Waals surface area (Å²) < 4.78 is 20.8. The minimum atomic E-state index is -2.27. The molecule has 0 saturated carbocycles. The summed E-state index contributed by atoms with van der Waals surface area (Å²) in [6.07, 6.45) is 1.32. The van der Waals surface area contributed by atoms with Crippen LogP contribution in [0.5, 0.6) is 0 Å². The highest BCUT2D eigenvalue weighted by Crippen LogP contribution is 1.99. The van der Waals surface area contributed by atoms with Crippen LogP contribution in [0.15, 0.2) is 12.3 Å². The third-order valence-corrected chi connectivity index (χ3v) is 0.832. The summed E-state index contributed by atoms with van der Waals surface area (Å²) in [5, 5.41) is 0.145. The highest BCUT2D eigenvalue weighted by Gasteiger charge is 1.85. The summed E-state index contributed by atoms with van der Waals surface area (Å²) in [7, 11) is 0. The van der Waals surface area contributed by atoms with E-state index in [1.807, 2.05) is 0 Å². The van der Waals surface area contributed by atoms with Crippen LogP contribution in [-0.2, 0) is 0 Å². The average Bonchev–Trinajstić information content (AvgIpc) is 1.86. The van der Waals surface area contributed by atoms with Gasteiger partial charge in [-0.1, -0.05) is 11.6 Å². The Morgan fingerprint density at radius 1 is 1.88 bits per heavy atom. The van der Waals surface area contributed by atoms with Crippen LogP contribution >= 0.6 is 11.6 Å². The lowest BCUT2D eigenvalue weighted by Crippen LogP contribution is -1.83. The zero-order chi connectivity index (χ0) is 8.48. The standard InChI is InChI=1S/C5H5ClN2/c1-4-7-3-2-5(6)8-4/h2-3H,1H3/i1+1D3. The molecule has 0 amide bonds. The van der Waals surface area contributed by atoms with Crippen LogP contribution in [-0.4, -0.2) is 9.97 Å². The predicted octanol–water partition coefficient (Wildman–Crippen LogP) is 1.44. The van der Waals surface area contributed by atoms with Gasteiger partial charge in [0.15, 0.2) is 0 Å². The van der Waals surface area contributed by atoms with Gasteiger partial charge in [-0.3, -0.25) is 0 Å². The van der Waals surface area contributed by atoms with E-state index >= 15 is 0 Å². The molecule has 1 aromatic heterocycles. The predicted molar refractivity (Wildman–Crippen MR) is 31.8 cm³/mol. The third-order valence-electron chi connectivity index (χ3n) is 0.622. The van der Waals surface area contributed by atoms with Crippen LogP contribution in [0.25, 0.3) is 0 Å². The van der Waals surface area contributed by atoms with E-state index in [0.717, 1.165) is 0 Å². The van der Waals surface area contributed by atoms with Gasteiger partial charge in [-0.15, -0.1) is 0 Å². The molecule has 1 heterocycles. The molecule has 0 bridgehead atoms. The summed E-state index contributed by atoms with van der Waals surface area (Å²) in [6.45, 7) is -2.27. The van der Waals surface area contributed by atoms with Gasteiger partial charge >= 0.3 is 0 Å². The first kappa shape index (κ1) is 2.78. The zero-order valence-electron chi connectivity index (χ0n) is 6.93. The molecule has 1 rings (SSSR count). The highest BCUT2D eigenvalue weighted by molar-refractivity contribution is 6.29. The Labute approximate surface area is 56.8 Å². The van der Waals surface area contributed by atoms with Crippen molar-refractivity contribution < 1.29 is 4.11 Å². The lowest BCUT2D eigenvalue weighted by Gasteiger charge is -1.87. The first-order valence-electron chi connectivity index (χ1n) is 3.49. The SMILES string of the molecule is [2H][13C]([2H])([2H])c1nccc(Cl)n1. The molecule has 2 nitrogen and oxygen atoms in total. The van der Waals surface area contributed by atoms with E-state index in [0.29, 0.717) is 0 Å². The molecule has 0 aliphatic heterocycles. The Morgan fingerprint density at radius 2 is 2.75 bits per heavy atom. The summed E-state index contributed by atoms with van der Waals surface area (Å²) in [5.74, 6) is -0.218. The lowest BCUT2D eigenvalue weighted by molar-refractivity contribution is 1.05. The van der Waals surface area contributed by atoms with Crippen molar-refractivity contribution >= 4 is 11.6 Å². The van der Waals surface area contributed by atoms with Crippen LogP contribution in [0.1, 0.15) is 9.94 Å². The molecule has 0 N–H and O–H groups in total. The van der Waals surface area contributed by atoms with Crippen molar-refractivity contribution in [1.29, 1.82) is 0 Å². The lowest BCUT2D eigenvalue weighted by atomic mass is 10.7. The Hall–Kier alpha value is -0.630. The number of halogens is 1. The second kappa shape index (κ2) is 2.09. The summed E-state index contributed by atoms with van der Waals surface area (Å²) >= 11 is 5.45. The largest absolute Gasteiger partial charge is 0.242 e. The fourth-order valence-electron chi connectivity index (χ4n) is 0.337. The molecule has 3 heteroatoms. The Kier molecular flexibility index (Phi) is 0.727. The molecule has 0 fully saturated rings. The molecular weight excluding hydrogens is 125 g/mol. The van der Waals surface area contributed by atoms with Gasteiger partial charge in [0, 0.05) is 10.3 Å². The molecule has 0 saturated heterocycles. The van der Waals surface area contributed by atoms with Gasteiger partial charge in [-0.25, -0.2) is 9.97 Å². The van der Waals surface area contributed by atoms with E-state index in [2.05, 4.69) is 9.97 Å². The molecule has 0 radical (unpaired) electrons. The van der Waals surface area contributed by atoms with E-state index in [9.17, 15) is 0 Å². The van der Waals surface area contributed by atoms with Gasteiger partial charge in [0.25, 0.3) is 0 Å². The molecule has 0 aliphatic rings. The van der Waals surface area contributed by atoms with E-state index in [-0.39, 0.29) is 11.0 Å². The van der Waals surface area contributed by atoms with Gasteiger partial charge in [-0.05, 0) is 12.9 Å². The van der Waals surface area contributed by atoms with Crippen molar-refractivity contribution in [1.82, 2.24) is 9.97 Å². The third kappa shape index (κ3) is 1.17. The van der Waals surface area contributed by atoms with Crippen LogP contribution < -0.4 is 0 Å². The molecule has 0 atom stereocenters. The number of hydrogen-bond acceptors (Lipinski definition) is 2. The minimum Gasteiger partial charge on any atom is -0.242 e. The molecule has 0 spiro atoms. The van der Waals surface area contributed by atoms with Gasteiger partial charge in [0.05, 0.1) is 0 Å². The van der Waals surface area contributed by atoms with Crippen molar-refractivity contribution in [3.63, 3.8) is 0 Å². The zero-order valence-corrected chi connectivity index (χ0v) is 4.68. The van der Waals surface area contributed by atoms with Gasteiger partial charge in [0.2, 0.25) is 0 Å². The van der Waals surface area contributed by atoms with Crippen molar-refractivity contribution in [2.45, 2.75) is 6.85 Å². The summed E-state index contributed by atoms with van der Waals surface area (Å²) in [4.78, 5) is 7.09. The topological polar surface area (TPSA) is 25.8 Å². The van der Waals surface area contributed by atoms with E-state index in [1.165, 1.54) is 12.3 Å². The number of aromatic nitrogens is 2. The number of aryl methyl sites for hydroxylation is 1. The maximum atomic E-state index is 6.92. The van der Waals surface area contributed by atoms with Crippen molar-refractivity contribution in [2.75, 3.05) is 0 Å². The van der Waals surface area contributed by atoms with Crippen LogP contribution in [0.3, 0.4) is 0 Å². The second-order valence-electron chi connectivity index (χ2n) is 1.20. The maximum Gasteiger partial charge on any atom is 0.132 e. The molecule has 1 aromatic rings. The van der Waals surface area contributed by atoms with E-state index < -0.39 is 6.85 Å². The normalized spacial score (nSPS) is 16.4. The van der Waals surface area contributed by atoms with Crippen molar-refractivity contribution in [3.05, 3.63) is 23.2 Å². The van der Waals surface area contributed by atoms with Crippen LogP contribution in [0.2, 0.25) is 5.15 Å². The summed E-state index contributed by atoms with van der Waals surface area (Å²) in [6, 6.07) is 1.43. The van der Waals surface area contributed by atoms with Gasteiger partial charge < -0.3 is 0 Å². The fraction of sp³-hybridized carbons (Fsp3) is 0.200. The number of rotatable bonds is 0. The molecule has 42 valence electrons. The smallest absolute Gasteiger partial charge is 0.132 e. The second-order valence-corrected chi connectivity index (χ2v) is 1.59. The molecule has 8 heavy (non-hydrogen) atoms. The number of hydrogen-bond donors (Lipinski definition) is 0. The molecular formula is C5H5ClN2. The number of nitrogens with zero attached hydrogens (tertiary/aromatic N) is 2. The van der Waals surface area contributed by atoms with Gasteiger partial charge in [-0.2, -0.15) is 0 Å². The fourth-order valence-corrected chi connectivity index (χ4v) is 0.473.